The number of aromatic nitrogens is 1. The van der Waals surface area contributed by atoms with E-state index in [1.807, 2.05) is 28.5 Å². The summed E-state index contributed by atoms with van der Waals surface area (Å²) in [4.78, 5) is 19.0. The first-order chi connectivity index (χ1) is 12.2. The van der Waals surface area contributed by atoms with E-state index in [1.54, 1.807) is 22.7 Å². The number of hydrogen-bond donors (Lipinski definition) is 1. The van der Waals surface area contributed by atoms with E-state index in [0.717, 1.165) is 35.3 Å². The van der Waals surface area contributed by atoms with Gasteiger partial charge in [0.05, 0.1) is 15.6 Å². The van der Waals surface area contributed by atoms with Gasteiger partial charge in [-0.2, -0.15) is 0 Å². The Balaban J connectivity index is 1.30. The Morgan fingerprint density at radius 2 is 2.28 bits per heavy atom. The lowest BCUT2D eigenvalue weighted by atomic mass is 10.1. The first-order valence-electron chi connectivity index (χ1n) is 8.77. The number of carbonyl (C=O) groups is 1. The minimum absolute atomic E-state index is 0.195. The molecule has 0 aromatic carbocycles. The predicted molar refractivity (Wildman–Crippen MR) is 114 cm³/mol. The number of unbranched alkanes of at least 4 members (excludes halogenated alkanes) is 1. The second-order valence-corrected chi connectivity index (χ2v) is 11.2. The fraction of sp³-hybridized carbons (Fsp3) is 0.556. The van der Waals surface area contributed by atoms with Crippen molar-refractivity contribution < 1.29 is 4.79 Å². The van der Waals surface area contributed by atoms with Crippen LogP contribution in [0.2, 0.25) is 0 Å². The third-order valence-electron chi connectivity index (χ3n) is 4.13. The Labute approximate surface area is 165 Å². The molecule has 1 aliphatic rings. The summed E-state index contributed by atoms with van der Waals surface area (Å²) >= 11 is 3.46. The maximum atomic E-state index is 11.9. The molecule has 2 aromatic heterocycles. The van der Waals surface area contributed by atoms with Crippen molar-refractivity contribution in [2.24, 2.45) is 0 Å². The van der Waals surface area contributed by atoms with E-state index in [0.29, 0.717) is 6.42 Å². The summed E-state index contributed by atoms with van der Waals surface area (Å²) in [6.45, 7) is 2.76. The van der Waals surface area contributed by atoms with Gasteiger partial charge >= 0.3 is 0 Å². The van der Waals surface area contributed by atoms with Gasteiger partial charge in [-0.05, 0) is 44.7 Å². The lowest BCUT2D eigenvalue weighted by Gasteiger charge is -2.07. The SMILES string of the molecule is Cc1nc(-c2ccc(CCNC(=O)CCCCC3CCSS3)s2)cs1. The number of amides is 1. The number of thiazole rings is 1. The molecule has 136 valence electrons. The second-order valence-electron chi connectivity index (χ2n) is 6.19. The Bertz CT molecular complexity index is 676. The summed E-state index contributed by atoms with van der Waals surface area (Å²) in [5.41, 5.74) is 1.07. The number of nitrogens with zero attached hydrogens (tertiary/aromatic N) is 1. The van der Waals surface area contributed by atoms with Gasteiger partial charge in [-0.3, -0.25) is 4.79 Å². The molecule has 1 fully saturated rings. The first-order valence-corrected chi connectivity index (χ1v) is 12.8. The Morgan fingerprint density at radius 1 is 1.36 bits per heavy atom. The Hall–Kier alpha value is -0.500. The number of nitrogens with one attached hydrogen (secondary N) is 1. The van der Waals surface area contributed by atoms with Crippen LogP contribution in [0.15, 0.2) is 17.5 Å². The van der Waals surface area contributed by atoms with Crippen molar-refractivity contribution in [2.75, 3.05) is 12.3 Å². The molecule has 1 atom stereocenters. The van der Waals surface area contributed by atoms with Crippen LogP contribution in [0.25, 0.3) is 10.6 Å². The van der Waals surface area contributed by atoms with Crippen molar-refractivity contribution in [2.45, 2.75) is 50.7 Å². The average Bonchev–Trinajstić information content (AvgIpc) is 3.33. The Morgan fingerprint density at radius 3 is 3.04 bits per heavy atom. The molecular weight excluding hydrogens is 388 g/mol. The molecule has 0 radical (unpaired) electrons. The van der Waals surface area contributed by atoms with E-state index in [9.17, 15) is 4.79 Å². The molecule has 0 saturated carbocycles. The summed E-state index contributed by atoms with van der Waals surface area (Å²) in [6, 6.07) is 4.29. The normalized spacial score (nSPS) is 17.1. The topological polar surface area (TPSA) is 42.0 Å². The van der Waals surface area contributed by atoms with E-state index in [4.69, 9.17) is 0 Å². The monoisotopic (exact) mass is 412 g/mol. The van der Waals surface area contributed by atoms with Crippen LogP contribution in [-0.2, 0) is 11.2 Å². The molecule has 1 N–H and O–H groups in total. The number of rotatable bonds is 9. The van der Waals surface area contributed by atoms with E-state index in [2.05, 4.69) is 27.8 Å². The zero-order valence-electron chi connectivity index (χ0n) is 14.5. The van der Waals surface area contributed by atoms with Crippen molar-refractivity contribution in [3.63, 3.8) is 0 Å². The lowest BCUT2D eigenvalue weighted by Crippen LogP contribution is -2.25. The molecule has 25 heavy (non-hydrogen) atoms. The summed E-state index contributed by atoms with van der Waals surface area (Å²) in [5.74, 6) is 1.49. The largest absolute Gasteiger partial charge is 0.356 e. The minimum Gasteiger partial charge on any atom is -0.356 e. The van der Waals surface area contributed by atoms with Gasteiger partial charge < -0.3 is 5.32 Å². The molecule has 1 aliphatic heterocycles. The molecule has 3 nitrogen and oxygen atoms in total. The molecular formula is C18H24N2OS4. The van der Waals surface area contributed by atoms with Gasteiger partial charge in [0.2, 0.25) is 5.91 Å². The third-order valence-corrected chi connectivity index (χ3v) is 9.08. The summed E-state index contributed by atoms with van der Waals surface area (Å²) in [5, 5.41) is 7.09. The zero-order chi connectivity index (χ0) is 17.5. The lowest BCUT2D eigenvalue weighted by molar-refractivity contribution is -0.121. The van der Waals surface area contributed by atoms with Crippen LogP contribution in [-0.4, -0.2) is 28.4 Å². The van der Waals surface area contributed by atoms with Crippen molar-refractivity contribution in [1.82, 2.24) is 10.3 Å². The molecule has 2 aromatic rings. The van der Waals surface area contributed by atoms with Crippen LogP contribution >= 0.6 is 44.3 Å². The van der Waals surface area contributed by atoms with Crippen LogP contribution in [0.1, 0.15) is 42.0 Å². The number of aryl methyl sites for hydroxylation is 1. The molecule has 0 spiro atoms. The molecule has 0 aliphatic carbocycles. The smallest absolute Gasteiger partial charge is 0.220 e. The highest BCUT2D eigenvalue weighted by atomic mass is 33.1. The molecule has 3 rings (SSSR count). The maximum Gasteiger partial charge on any atom is 0.220 e. The highest BCUT2D eigenvalue weighted by Gasteiger charge is 2.15. The third kappa shape index (κ3) is 6.31. The molecule has 1 saturated heterocycles. The van der Waals surface area contributed by atoms with E-state index < -0.39 is 0 Å². The summed E-state index contributed by atoms with van der Waals surface area (Å²) in [7, 11) is 4.02. The quantitative estimate of drug-likeness (QED) is 0.433. The molecule has 0 bridgehead atoms. The van der Waals surface area contributed by atoms with Crippen molar-refractivity contribution in [3.05, 3.63) is 27.4 Å². The van der Waals surface area contributed by atoms with Crippen LogP contribution in [0.5, 0.6) is 0 Å². The Kier molecular flexibility index (Phi) is 7.70. The van der Waals surface area contributed by atoms with Crippen molar-refractivity contribution >= 4 is 50.2 Å². The van der Waals surface area contributed by atoms with Gasteiger partial charge in [-0.25, -0.2) is 4.98 Å². The second kappa shape index (κ2) is 10.00. The van der Waals surface area contributed by atoms with E-state index in [1.165, 1.54) is 34.8 Å². The highest BCUT2D eigenvalue weighted by Crippen LogP contribution is 2.39. The van der Waals surface area contributed by atoms with Crippen molar-refractivity contribution in [1.29, 1.82) is 0 Å². The van der Waals surface area contributed by atoms with Gasteiger partial charge in [-0.15, -0.1) is 22.7 Å². The van der Waals surface area contributed by atoms with Gasteiger partial charge in [0.25, 0.3) is 0 Å². The molecule has 1 unspecified atom stereocenters. The number of carbonyl (C=O) groups excluding carboxylic acids is 1. The fourth-order valence-electron chi connectivity index (χ4n) is 2.76. The highest BCUT2D eigenvalue weighted by molar-refractivity contribution is 8.77. The van der Waals surface area contributed by atoms with E-state index in [-0.39, 0.29) is 5.91 Å². The van der Waals surface area contributed by atoms with Gasteiger partial charge in [0.1, 0.15) is 0 Å². The van der Waals surface area contributed by atoms with Crippen LogP contribution in [0.4, 0.5) is 0 Å². The minimum atomic E-state index is 0.195. The van der Waals surface area contributed by atoms with Crippen LogP contribution in [0.3, 0.4) is 0 Å². The molecule has 1 amide bonds. The summed E-state index contributed by atoms with van der Waals surface area (Å²) in [6.07, 6.45) is 6.35. The standard InChI is InChI=1S/C18H24N2OS4/c1-13-20-16(12-22-13)17-7-6-14(24-17)8-10-19-18(21)5-3-2-4-15-9-11-23-25-15/h6-7,12,15H,2-5,8-11H2,1H3,(H,19,21). The first kappa shape index (κ1) is 19.3. The predicted octanol–water partition coefficient (Wildman–Crippen LogP) is 5.55. The average molecular weight is 413 g/mol. The maximum absolute atomic E-state index is 11.9. The molecule has 7 heteroatoms. The fourth-order valence-corrected chi connectivity index (χ4v) is 7.45. The van der Waals surface area contributed by atoms with E-state index >= 15 is 0 Å². The van der Waals surface area contributed by atoms with Crippen molar-refractivity contribution in [3.8, 4) is 10.6 Å². The molecule has 3 heterocycles. The zero-order valence-corrected chi connectivity index (χ0v) is 17.7. The van der Waals surface area contributed by atoms with Gasteiger partial charge in [-0.1, -0.05) is 28.0 Å². The number of hydrogen-bond acceptors (Lipinski definition) is 6. The summed E-state index contributed by atoms with van der Waals surface area (Å²) < 4.78 is 0. The van der Waals surface area contributed by atoms with Crippen LogP contribution < -0.4 is 5.32 Å². The van der Waals surface area contributed by atoms with Crippen LogP contribution in [0, 0.1) is 6.92 Å². The van der Waals surface area contributed by atoms with Gasteiger partial charge in [0.15, 0.2) is 0 Å². The number of thiophene rings is 1. The van der Waals surface area contributed by atoms with Gasteiger partial charge in [0, 0.05) is 34.2 Å².